The van der Waals surface area contributed by atoms with Crippen molar-refractivity contribution in [1.29, 1.82) is 0 Å². The number of aliphatic hydroxyl groups is 1. The van der Waals surface area contributed by atoms with Crippen molar-refractivity contribution in [3.05, 3.63) is 0 Å². The first-order valence-corrected chi connectivity index (χ1v) is 8.22. The van der Waals surface area contributed by atoms with Crippen molar-refractivity contribution in [2.24, 2.45) is 17.8 Å². The molecule has 0 radical (unpaired) electrons. The summed E-state index contributed by atoms with van der Waals surface area (Å²) in [5.74, 6) is -1.28. The van der Waals surface area contributed by atoms with E-state index < -0.39 is 11.9 Å². The van der Waals surface area contributed by atoms with Crippen molar-refractivity contribution in [2.75, 3.05) is 13.2 Å². The highest BCUT2D eigenvalue weighted by atomic mass is 16.4. The Labute approximate surface area is 126 Å². The number of rotatable bonds is 6. The Morgan fingerprint density at radius 3 is 2.57 bits per heavy atom. The fourth-order valence-electron chi connectivity index (χ4n) is 3.99. The Hall–Kier alpha value is -1.10. The third kappa shape index (κ3) is 3.57. The quantitative estimate of drug-likeness (QED) is 0.785. The van der Waals surface area contributed by atoms with E-state index >= 15 is 0 Å². The van der Waals surface area contributed by atoms with Crippen LogP contribution in [0.2, 0.25) is 0 Å². The van der Waals surface area contributed by atoms with E-state index in [1.54, 1.807) is 0 Å². The zero-order chi connectivity index (χ0) is 15.4. The number of carboxylic acid groups (broad SMARTS) is 1. The number of carbonyl (C=O) groups excluding carboxylic acids is 1. The molecule has 1 aliphatic heterocycles. The molecule has 0 spiro atoms. The monoisotopic (exact) mass is 297 g/mol. The maximum atomic E-state index is 12.8. The maximum absolute atomic E-state index is 12.8. The van der Waals surface area contributed by atoms with Gasteiger partial charge in [0.25, 0.3) is 0 Å². The largest absolute Gasteiger partial charge is 0.481 e. The van der Waals surface area contributed by atoms with Crippen molar-refractivity contribution in [1.82, 2.24) is 4.90 Å². The first-order valence-electron chi connectivity index (χ1n) is 8.22. The van der Waals surface area contributed by atoms with Crippen molar-refractivity contribution in [3.63, 3.8) is 0 Å². The van der Waals surface area contributed by atoms with Crippen molar-refractivity contribution >= 4 is 11.9 Å². The Morgan fingerprint density at radius 1 is 1.24 bits per heavy atom. The normalized spacial score (nSPS) is 32.6. The first kappa shape index (κ1) is 16.3. The van der Waals surface area contributed by atoms with Crippen LogP contribution < -0.4 is 0 Å². The molecular weight excluding hydrogens is 270 g/mol. The lowest BCUT2D eigenvalue weighted by Crippen LogP contribution is -2.42. The number of aliphatic hydroxyl groups excluding tert-OH is 1. The highest BCUT2D eigenvalue weighted by molar-refractivity contribution is 5.85. The zero-order valence-electron chi connectivity index (χ0n) is 12.8. The Morgan fingerprint density at radius 2 is 1.95 bits per heavy atom. The second-order valence-corrected chi connectivity index (χ2v) is 6.49. The van der Waals surface area contributed by atoms with Crippen LogP contribution in [0, 0.1) is 17.8 Å². The molecule has 5 heteroatoms. The summed E-state index contributed by atoms with van der Waals surface area (Å²) in [4.78, 5) is 26.1. The summed E-state index contributed by atoms with van der Waals surface area (Å²) in [7, 11) is 0. The fraction of sp³-hybridized carbons (Fsp3) is 0.875. The van der Waals surface area contributed by atoms with E-state index in [1.807, 2.05) is 4.90 Å². The average Bonchev–Trinajstić information content (AvgIpc) is 3.10. The molecule has 4 unspecified atom stereocenters. The molecule has 1 aliphatic carbocycles. The summed E-state index contributed by atoms with van der Waals surface area (Å²) in [6.45, 7) is 2.96. The number of aliphatic carboxylic acids is 1. The second-order valence-electron chi connectivity index (χ2n) is 6.49. The third-order valence-corrected chi connectivity index (χ3v) is 5.23. The van der Waals surface area contributed by atoms with Gasteiger partial charge in [0.2, 0.25) is 5.91 Å². The predicted octanol–water partition coefficient (Wildman–Crippen LogP) is 1.89. The van der Waals surface area contributed by atoms with E-state index in [0.717, 1.165) is 38.6 Å². The van der Waals surface area contributed by atoms with E-state index in [9.17, 15) is 14.7 Å². The Balaban J connectivity index is 2.05. The molecule has 1 heterocycles. The minimum atomic E-state index is -0.824. The van der Waals surface area contributed by atoms with Gasteiger partial charge in [0.1, 0.15) is 0 Å². The molecule has 5 nitrogen and oxygen atoms in total. The van der Waals surface area contributed by atoms with Gasteiger partial charge >= 0.3 is 5.97 Å². The second kappa shape index (κ2) is 7.25. The first-order chi connectivity index (χ1) is 10.1. The number of hydrogen-bond donors (Lipinski definition) is 2. The number of carbonyl (C=O) groups is 2. The summed E-state index contributed by atoms with van der Waals surface area (Å²) in [5, 5.41) is 18.4. The molecule has 21 heavy (non-hydrogen) atoms. The number of hydrogen-bond acceptors (Lipinski definition) is 3. The molecule has 120 valence electrons. The van der Waals surface area contributed by atoms with Crippen molar-refractivity contribution in [2.45, 2.75) is 57.9 Å². The van der Waals surface area contributed by atoms with Gasteiger partial charge < -0.3 is 15.1 Å². The lowest BCUT2D eigenvalue weighted by Gasteiger charge is -2.29. The van der Waals surface area contributed by atoms with Gasteiger partial charge in [0.05, 0.1) is 11.8 Å². The molecule has 0 bridgehead atoms. The molecule has 1 amide bonds. The third-order valence-electron chi connectivity index (χ3n) is 5.23. The molecule has 1 saturated heterocycles. The van der Waals surface area contributed by atoms with Crippen LogP contribution >= 0.6 is 0 Å². The van der Waals surface area contributed by atoms with E-state index in [2.05, 4.69) is 6.92 Å². The minimum Gasteiger partial charge on any atom is -0.481 e. The van der Waals surface area contributed by atoms with Gasteiger partial charge in [-0.05, 0) is 44.4 Å². The molecule has 1 saturated carbocycles. The summed E-state index contributed by atoms with van der Waals surface area (Å²) in [6, 6.07) is 0.194. The van der Waals surface area contributed by atoms with Gasteiger partial charge in [-0.1, -0.05) is 13.3 Å². The van der Waals surface area contributed by atoms with Gasteiger partial charge in [0.15, 0.2) is 0 Å². The van der Waals surface area contributed by atoms with Crippen molar-refractivity contribution < 1.29 is 19.8 Å². The maximum Gasteiger partial charge on any atom is 0.307 e. The highest BCUT2D eigenvalue weighted by Gasteiger charge is 2.45. The van der Waals surface area contributed by atoms with Crippen LogP contribution in [-0.2, 0) is 9.59 Å². The lowest BCUT2D eigenvalue weighted by atomic mass is 9.94. The van der Waals surface area contributed by atoms with Gasteiger partial charge in [-0.3, -0.25) is 9.59 Å². The van der Waals surface area contributed by atoms with Gasteiger partial charge in [-0.2, -0.15) is 0 Å². The minimum absolute atomic E-state index is 0.0405. The van der Waals surface area contributed by atoms with Crippen molar-refractivity contribution in [3.8, 4) is 0 Å². The lowest BCUT2D eigenvalue weighted by molar-refractivity contribution is -0.149. The van der Waals surface area contributed by atoms with E-state index in [1.165, 1.54) is 0 Å². The molecular formula is C16H27NO4. The van der Waals surface area contributed by atoms with Crippen LogP contribution in [0.25, 0.3) is 0 Å². The molecule has 4 atom stereocenters. The smallest absolute Gasteiger partial charge is 0.307 e. The topological polar surface area (TPSA) is 77.8 Å². The van der Waals surface area contributed by atoms with Crippen LogP contribution in [0.5, 0.6) is 0 Å². The number of carboxylic acids is 1. The van der Waals surface area contributed by atoms with Crippen LogP contribution in [0.1, 0.15) is 51.9 Å². The van der Waals surface area contributed by atoms with E-state index in [-0.39, 0.29) is 24.5 Å². The fourth-order valence-corrected chi connectivity index (χ4v) is 3.99. The molecule has 2 aliphatic rings. The van der Waals surface area contributed by atoms with Gasteiger partial charge in [-0.15, -0.1) is 0 Å². The molecule has 2 N–H and O–H groups in total. The zero-order valence-corrected chi connectivity index (χ0v) is 12.8. The number of amides is 1. The van der Waals surface area contributed by atoms with Crippen LogP contribution in [0.15, 0.2) is 0 Å². The Bertz CT molecular complexity index is 384. The highest BCUT2D eigenvalue weighted by Crippen LogP contribution is 2.40. The molecule has 2 rings (SSSR count). The Kier molecular flexibility index (Phi) is 5.62. The number of nitrogens with zero attached hydrogens (tertiary/aromatic N) is 1. The van der Waals surface area contributed by atoms with Crippen LogP contribution in [0.3, 0.4) is 0 Å². The van der Waals surface area contributed by atoms with Gasteiger partial charge in [0, 0.05) is 19.2 Å². The van der Waals surface area contributed by atoms with Crippen LogP contribution in [-0.4, -0.2) is 46.2 Å². The average molecular weight is 297 g/mol. The standard InChI is InChI=1S/C16H27NO4/c1-2-11-9-13(14(10-11)16(20)21)15(19)17-7-3-5-12(17)6-4-8-18/h11-14,18H,2-10H2,1H3,(H,20,21). The summed E-state index contributed by atoms with van der Waals surface area (Å²) < 4.78 is 0. The number of likely N-dealkylation sites (tertiary alicyclic amines) is 1. The van der Waals surface area contributed by atoms with E-state index in [4.69, 9.17) is 5.11 Å². The summed E-state index contributed by atoms with van der Waals surface area (Å²) >= 11 is 0. The SMILES string of the molecule is CCC1CC(C(=O)O)C(C(=O)N2CCCC2CCCO)C1. The predicted molar refractivity (Wildman–Crippen MR) is 78.7 cm³/mol. The summed E-state index contributed by atoms with van der Waals surface area (Å²) in [5.41, 5.74) is 0. The summed E-state index contributed by atoms with van der Waals surface area (Å²) in [6.07, 6.45) is 5.80. The van der Waals surface area contributed by atoms with E-state index in [0.29, 0.717) is 18.8 Å². The molecule has 0 aromatic rings. The molecule has 0 aromatic carbocycles. The van der Waals surface area contributed by atoms with Gasteiger partial charge in [-0.25, -0.2) is 0 Å². The van der Waals surface area contributed by atoms with Crippen LogP contribution in [0.4, 0.5) is 0 Å². The molecule has 0 aromatic heterocycles. The molecule has 2 fully saturated rings.